The first-order valence-electron chi connectivity index (χ1n) is 7.49. The number of anilines is 2. The van der Waals surface area contributed by atoms with Crippen LogP contribution in [0.3, 0.4) is 0 Å². The molecule has 0 bridgehead atoms. The van der Waals surface area contributed by atoms with Gasteiger partial charge in [0, 0.05) is 0 Å². The molecule has 128 valence electrons. The monoisotopic (exact) mass is 358 g/mol. The molecule has 0 radical (unpaired) electrons. The number of carbonyl (C=O) groups is 1. The Morgan fingerprint density at radius 3 is 2.56 bits per heavy atom. The Kier molecular flexibility index (Phi) is 5.20. The van der Waals surface area contributed by atoms with Gasteiger partial charge in [0.15, 0.2) is 5.01 Å². The molecule has 0 aliphatic heterocycles. The summed E-state index contributed by atoms with van der Waals surface area (Å²) in [5.41, 5.74) is 0.0884. The lowest BCUT2D eigenvalue weighted by Gasteiger charge is -2.11. The van der Waals surface area contributed by atoms with E-state index in [4.69, 9.17) is 4.74 Å². The average Bonchev–Trinajstić information content (AvgIpc) is 3.06. The van der Waals surface area contributed by atoms with Crippen molar-refractivity contribution < 1.29 is 13.9 Å². The molecule has 2 amide bonds. The van der Waals surface area contributed by atoms with Crippen molar-refractivity contribution >= 4 is 28.2 Å². The second-order valence-corrected chi connectivity index (χ2v) is 6.09. The predicted molar refractivity (Wildman–Crippen MR) is 94.4 cm³/mol. The molecule has 1 atom stereocenters. The van der Waals surface area contributed by atoms with Gasteiger partial charge in [-0.15, -0.1) is 10.2 Å². The number of amides is 2. The van der Waals surface area contributed by atoms with Crippen LogP contribution in [0.2, 0.25) is 0 Å². The third-order valence-corrected chi connectivity index (χ3v) is 4.19. The van der Waals surface area contributed by atoms with E-state index in [0.717, 1.165) is 5.75 Å². The van der Waals surface area contributed by atoms with Crippen LogP contribution in [0.25, 0.3) is 0 Å². The molecule has 0 spiro atoms. The maximum atomic E-state index is 13.5. The lowest BCUT2D eigenvalue weighted by atomic mass is 10.3. The average molecular weight is 358 g/mol. The Bertz CT molecular complexity index is 857. The first kappa shape index (κ1) is 16.8. The molecule has 3 aromatic rings. The molecule has 0 fully saturated rings. The summed E-state index contributed by atoms with van der Waals surface area (Å²) >= 11 is 1.19. The summed E-state index contributed by atoms with van der Waals surface area (Å²) in [5.74, 6) is 0.206. The molecule has 0 unspecified atom stereocenters. The van der Waals surface area contributed by atoms with Gasteiger partial charge in [-0.3, -0.25) is 5.32 Å². The minimum atomic E-state index is -0.593. The predicted octanol–water partition coefficient (Wildman–Crippen LogP) is 4.46. The van der Waals surface area contributed by atoms with Crippen molar-refractivity contribution in [2.75, 3.05) is 10.6 Å². The van der Waals surface area contributed by atoms with Crippen LogP contribution >= 0.6 is 11.3 Å². The van der Waals surface area contributed by atoms with Gasteiger partial charge >= 0.3 is 6.03 Å². The number of hydrogen-bond acceptors (Lipinski definition) is 5. The highest BCUT2D eigenvalue weighted by Crippen LogP contribution is 2.26. The van der Waals surface area contributed by atoms with Gasteiger partial charge in [0.2, 0.25) is 5.13 Å². The molecule has 6 nitrogen and oxygen atoms in total. The summed E-state index contributed by atoms with van der Waals surface area (Å²) < 4.78 is 19.3. The molecule has 0 aliphatic rings. The highest BCUT2D eigenvalue weighted by molar-refractivity contribution is 7.15. The Morgan fingerprint density at radius 1 is 1.08 bits per heavy atom. The van der Waals surface area contributed by atoms with Crippen LogP contribution < -0.4 is 15.4 Å². The van der Waals surface area contributed by atoms with E-state index < -0.39 is 11.8 Å². The summed E-state index contributed by atoms with van der Waals surface area (Å²) in [6, 6.07) is 14.7. The van der Waals surface area contributed by atoms with E-state index in [-0.39, 0.29) is 11.8 Å². The molecule has 3 rings (SSSR count). The van der Waals surface area contributed by atoms with E-state index in [1.54, 1.807) is 12.1 Å². The Morgan fingerprint density at radius 2 is 1.80 bits per heavy atom. The van der Waals surface area contributed by atoms with Crippen molar-refractivity contribution in [1.29, 1.82) is 0 Å². The number of carbonyl (C=O) groups excluding carboxylic acids is 1. The van der Waals surface area contributed by atoms with Crippen LogP contribution in [0, 0.1) is 5.82 Å². The summed E-state index contributed by atoms with van der Waals surface area (Å²) in [6.07, 6.45) is -0.315. The maximum absolute atomic E-state index is 13.5. The van der Waals surface area contributed by atoms with Crippen molar-refractivity contribution in [3.8, 4) is 5.75 Å². The van der Waals surface area contributed by atoms with Gasteiger partial charge in [0.1, 0.15) is 17.7 Å². The van der Waals surface area contributed by atoms with Gasteiger partial charge in [-0.1, -0.05) is 41.7 Å². The lowest BCUT2D eigenvalue weighted by molar-refractivity contribution is 0.225. The van der Waals surface area contributed by atoms with Gasteiger partial charge < -0.3 is 10.1 Å². The van der Waals surface area contributed by atoms with Crippen LogP contribution in [0.5, 0.6) is 5.75 Å². The van der Waals surface area contributed by atoms with E-state index in [1.807, 2.05) is 37.3 Å². The molecule has 25 heavy (non-hydrogen) atoms. The molecular formula is C17H15FN4O2S. The zero-order valence-electron chi connectivity index (χ0n) is 13.3. The summed E-state index contributed by atoms with van der Waals surface area (Å²) in [6.45, 7) is 1.84. The van der Waals surface area contributed by atoms with Crippen LogP contribution in [0.15, 0.2) is 54.6 Å². The maximum Gasteiger partial charge on any atom is 0.325 e. The van der Waals surface area contributed by atoms with Gasteiger partial charge in [-0.2, -0.15) is 0 Å². The van der Waals surface area contributed by atoms with Gasteiger partial charge in [-0.25, -0.2) is 9.18 Å². The number of ether oxygens (including phenoxy) is 1. The van der Waals surface area contributed by atoms with Crippen LogP contribution in [-0.4, -0.2) is 16.2 Å². The van der Waals surface area contributed by atoms with Gasteiger partial charge in [0.05, 0.1) is 5.69 Å². The molecular weight excluding hydrogens is 343 g/mol. The largest absolute Gasteiger partial charge is 0.483 e. The molecule has 1 aromatic heterocycles. The minimum absolute atomic E-state index is 0.0884. The quantitative estimate of drug-likeness (QED) is 0.706. The second kappa shape index (κ2) is 7.71. The van der Waals surface area contributed by atoms with Crippen molar-refractivity contribution in [2.45, 2.75) is 13.0 Å². The number of rotatable bonds is 5. The topological polar surface area (TPSA) is 76.1 Å². The van der Waals surface area contributed by atoms with E-state index in [1.165, 1.54) is 23.5 Å². The van der Waals surface area contributed by atoms with E-state index in [2.05, 4.69) is 20.8 Å². The number of nitrogens with one attached hydrogen (secondary N) is 2. The highest BCUT2D eigenvalue weighted by atomic mass is 32.1. The number of hydrogen-bond donors (Lipinski definition) is 2. The molecule has 1 heterocycles. The lowest BCUT2D eigenvalue weighted by Crippen LogP contribution is -2.19. The normalized spacial score (nSPS) is 11.6. The van der Waals surface area contributed by atoms with Crippen molar-refractivity contribution in [2.24, 2.45) is 0 Å². The van der Waals surface area contributed by atoms with E-state index in [9.17, 15) is 9.18 Å². The number of aromatic nitrogens is 2. The smallest absolute Gasteiger partial charge is 0.325 e. The van der Waals surface area contributed by atoms with Crippen LogP contribution in [0.4, 0.5) is 20.0 Å². The Hall–Kier alpha value is -3.00. The zero-order chi connectivity index (χ0) is 17.6. The second-order valence-electron chi connectivity index (χ2n) is 5.08. The van der Waals surface area contributed by atoms with Crippen LogP contribution in [0.1, 0.15) is 18.0 Å². The molecule has 0 aliphatic carbocycles. The number of benzene rings is 2. The molecule has 8 heteroatoms. The summed E-state index contributed by atoms with van der Waals surface area (Å²) in [5, 5.41) is 13.8. The van der Waals surface area contributed by atoms with Crippen molar-refractivity contribution in [1.82, 2.24) is 10.2 Å². The zero-order valence-corrected chi connectivity index (χ0v) is 14.1. The fourth-order valence-electron chi connectivity index (χ4n) is 2.02. The van der Waals surface area contributed by atoms with Crippen LogP contribution in [-0.2, 0) is 0 Å². The van der Waals surface area contributed by atoms with E-state index >= 15 is 0 Å². The molecule has 0 saturated carbocycles. The Labute approximate surface area is 147 Å². The third-order valence-electron chi connectivity index (χ3n) is 3.19. The standard InChI is InChI=1S/C17H15FN4O2S/c1-11(24-12-7-3-2-4-8-12)15-21-22-17(25-15)20-16(23)19-14-10-6-5-9-13(14)18/h2-11H,1H3,(H2,19,20,22,23)/t11-/m0/s1. The highest BCUT2D eigenvalue weighted by Gasteiger charge is 2.15. The fourth-order valence-corrected chi connectivity index (χ4v) is 2.74. The van der Waals surface area contributed by atoms with E-state index in [0.29, 0.717) is 10.1 Å². The number of urea groups is 1. The SMILES string of the molecule is C[C@H](Oc1ccccc1)c1nnc(NC(=O)Nc2ccccc2F)s1. The minimum Gasteiger partial charge on any atom is -0.483 e. The number of para-hydroxylation sites is 2. The van der Waals surface area contributed by atoms with Gasteiger partial charge in [-0.05, 0) is 31.2 Å². The molecule has 2 N–H and O–H groups in total. The fraction of sp³-hybridized carbons (Fsp3) is 0.118. The first-order chi connectivity index (χ1) is 12.1. The Balaban J connectivity index is 1.59. The third kappa shape index (κ3) is 4.51. The van der Waals surface area contributed by atoms with Crippen molar-refractivity contribution in [3.05, 3.63) is 65.4 Å². The summed E-state index contributed by atoms with van der Waals surface area (Å²) in [7, 11) is 0. The number of halogens is 1. The number of nitrogens with zero attached hydrogens (tertiary/aromatic N) is 2. The molecule has 0 saturated heterocycles. The van der Waals surface area contributed by atoms with Crippen molar-refractivity contribution in [3.63, 3.8) is 0 Å². The first-order valence-corrected chi connectivity index (χ1v) is 8.31. The summed E-state index contributed by atoms with van der Waals surface area (Å²) in [4.78, 5) is 11.9. The van der Waals surface area contributed by atoms with Gasteiger partial charge in [0.25, 0.3) is 0 Å². The molecule has 2 aromatic carbocycles.